The Kier molecular flexibility index (Phi) is 7.60. The maximum Gasteiger partial charge on any atom is 0.324 e. The zero-order valence-corrected chi connectivity index (χ0v) is 20.4. The van der Waals surface area contributed by atoms with Crippen LogP contribution in [-0.4, -0.2) is 56.2 Å². The number of carbonyl (C=O) groups excluding carboxylic acids is 2. The normalized spacial score (nSPS) is 18.1. The fourth-order valence-electron chi connectivity index (χ4n) is 4.73. The minimum absolute atomic E-state index is 0.00336. The first-order chi connectivity index (χ1) is 16.5. The monoisotopic (exact) mass is 465 g/mol. The number of amides is 3. The number of hydrogen-bond donors (Lipinski definition) is 1. The van der Waals surface area contributed by atoms with Crippen LogP contribution in [0.15, 0.2) is 42.5 Å². The molecule has 2 aromatic rings. The Labute approximate surface area is 202 Å². The standard InChI is InChI=1S/C27H35N3O4/c1-4-22-18-30(23-17-19(2)9-10-25(23)34-22)27(32)29-15-12-21(13-16-29)26(31)28-14-11-20-7-5-6-8-24(20)33-3/h5-10,17,21-22H,4,11-16,18H2,1-3H3,(H,28,31)/t22-/m1/s1. The molecule has 7 nitrogen and oxygen atoms in total. The van der Waals surface area contributed by atoms with Crippen molar-refractivity contribution in [2.45, 2.75) is 45.6 Å². The number of piperidine rings is 1. The van der Waals surface area contributed by atoms with Crippen LogP contribution in [-0.2, 0) is 11.2 Å². The average Bonchev–Trinajstić information content (AvgIpc) is 2.88. The zero-order chi connectivity index (χ0) is 24.1. The molecule has 1 atom stereocenters. The molecule has 7 heteroatoms. The van der Waals surface area contributed by atoms with Gasteiger partial charge in [-0.25, -0.2) is 4.79 Å². The number of rotatable bonds is 6. The fourth-order valence-corrected chi connectivity index (χ4v) is 4.73. The number of carbonyl (C=O) groups is 2. The lowest BCUT2D eigenvalue weighted by Gasteiger charge is -2.39. The van der Waals surface area contributed by atoms with E-state index in [1.165, 1.54) is 0 Å². The summed E-state index contributed by atoms with van der Waals surface area (Å²) in [5, 5.41) is 3.07. The Hall–Kier alpha value is -3.22. The molecule has 3 amide bonds. The van der Waals surface area contributed by atoms with E-state index in [1.807, 2.05) is 59.2 Å². The lowest BCUT2D eigenvalue weighted by atomic mass is 9.96. The number of methoxy groups -OCH3 is 1. The van der Waals surface area contributed by atoms with E-state index in [0.717, 1.165) is 41.2 Å². The van der Waals surface area contributed by atoms with E-state index in [-0.39, 0.29) is 24.0 Å². The Balaban J connectivity index is 1.31. The second kappa shape index (κ2) is 10.8. The quantitative estimate of drug-likeness (QED) is 0.695. The lowest BCUT2D eigenvalue weighted by Crippen LogP contribution is -2.52. The molecule has 0 radical (unpaired) electrons. The van der Waals surface area contributed by atoms with Crippen LogP contribution in [0.1, 0.15) is 37.3 Å². The molecule has 0 spiro atoms. The number of ether oxygens (including phenoxy) is 2. The molecule has 0 bridgehead atoms. The van der Waals surface area contributed by atoms with Crippen LogP contribution in [0.2, 0.25) is 0 Å². The minimum Gasteiger partial charge on any atom is -0.496 e. The number of benzene rings is 2. The summed E-state index contributed by atoms with van der Waals surface area (Å²) in [5.74, 6) is 1.61. The minimum atomic E-state index is -0.0654. The number of aryl methyl sites for hydroxylation is 1. The van der Waals surface area contributed by atoms with Crippen LogP contribution in [0.5, 0.6) is 11.5 Å². The molecule has 2 aromatic carbocycles. The SMILES string of the molecule is CC[C@@H]1CN(C(=O)N2CCC(C(=O)NCCc3ccccc3OC)CC2)c2cc(C)ccc2O1. The third-order valence-corrected chi connectivity index (χ3v) is 6.79. The highest BCUT2D eigenvalue weighted by Gasteiger charge is 2.34. The maximum absolute atomic E-state index is 13.4. The van der Waals surface area contributed by atoms with E-state index in [1.54, 1.807) is 7.11 Å². The molecular weight excluding hydrogens is 430 g/mol. The third kappa shape index (κ3) is 5.29. The number of fused-ring (bicyclic) bond motifs is 1. The Morgan fingerprint density at radius 2 is 1.91 bits per heavy atom. The predicted molar refractivity (Wildman–Crippen MR) is 133 cm³/mol. The van der Waals surface area contributed by atoms with Crippen molar-refractivity contribution in [2.75, 3.05) is 38.2 Å². The smallest absolute Gasteiger partial charge is 0.324 e. The van der Waals surface area contributed by atoms with Gasteiger partial charge in [-0.3, -0.25) is 9.69 Å². The van der Waals surface area contributed by atoms with Gasteiger partial charge in [-0.05, 0) is 61.9 Å². The van der Waals surface area contributed by atoms with Gasteiger partial charge in [-0.2, -0.15) is 0 Å². The van der Waals surface area contributed by atoms with Gasteiger partial charge in [0.2, 0.25) is 5.91 Å². The van der Waals surface area contributed by atoms with Gasteiger partial charge >= 0.3 is 6.03 Å². The third-order valence-electron chi connectivity index (χ3n) is 6.79. The first kappa shape index (κ1) is 23.9. The highest BCUT2D eigenvalue weighted by molar-refractivity contribution is 5.94. The number of nitrogens with zero attached hydrogens (tertiary/aromatic N) is 2. The number of nitrogens with one attached hydrogen (secondary N) is 1. The molecule has 0 aliphatic carbocycles. The molecule has 34 heavy (non-hydrogen) atoms. The van der Waals surface area contributed by atoms with Crippen molar-refractivity contribution in [1.82, 2.24) is 10.2 Å². The molecule has 2 aliphatic heterocycles. The van der Waals surface area contributed by atoms with Gasteiger partial charge in [0.25, 0.3) is 0 Å². The van der Waals surface area contributed by atoms with Gasteiger partial charge in [-0.15, -0.1) is 0 Å². The number of likely N-dealkylation sites (tertiary alicyclic amines) is 1. The summed E-state index contributed by atoms with van der Waals surface area (Å²) in [6.07, 6.45) is 2.91. The first-order valence-electron chi connectivity index (χ1n) is 12.2. The molecule has 4 rings (SSSR count). The summed E-state index contributed by atoms with van der Waals surface area (Å²) in [5.41, 5.74) is 3.02. The molecular formula is C27H35N3O4. The molecule has 1 fully saturated rings. The molecule has 1 N–H and O–H groups in total. The molecule has 0 aromatic heterocycles. The van der Waals surface area contributed by atoms with Gasteiger partial charge in [0, 0.05) is 25.6 Å². The van der Waals surface area contributed by atoms with Crippen molar-refractivity contribution in [2.24, 2.45) is 5.92 Å². The van der Waals surface area contributed by atoms with Crippen LogP contribution >= 0.6 is 0 Å². The van der Waals surface area contributed by atoms with Crippen molar-refractivity contribution in [3.63, 3.8) is 0 Å². The van der Waals surface area contributed by atoms with Gasteiger partial charge in [0.15, 0.2) is 0 Å². The zero-order valence-electron chi connectivity index (χ0n) is 20.4. The molecule has 2 aliphatic rings. The van der Waals surface area contributed by atoms with E-state index in [2.05, 4.69) is 12.2 Å². The summed E-state index contributed by atoms with van der Waals surface area (Å²) >= 11 is 0. The van der Waals surface area contributed by atoms with E-state index in [0.29, 0.717) is 39.0 Å². The van der Waals surface area contributed by atoms with Crippen molar-refractivity contribution in [3.05, 3.63) is 53.6 Å². The van der Waals surface area contributed by atoms with Crippen LogP contribution < -0.4 is 19.7 Å². The van der Waals surface area contributed by atoms with E-state index < -0.39 is 0 Å². The second-order valence-electron chi connectivity index (χ2n) is 9.13. The number of anilines is 1. The number of hydrogen-bond acceptors (Lipinski definition) is 4. The van der Waals surface area contributed by atoms with E-state index in [4.69, 9.17) is 9.47 Å². The lowest BCUT2D eigenvalue weighted by molar-refractivity contribution is -0.126. The summed E-state index contributed by atoms with van der Waals surface area (Å²) in [6, 6.07) is 13.8. The van der Waals surface area contributed by atoms with Gasteiger partial charge in [-0.1, -0.05) is 31.2 Å². The first-order valence-corrected chi connectivity index (χ1v) is 12.2. The van der Waals surface area contributed by atoms with Crippen LogP contribution in [0.3, 0.4) is 0 Å². The molecule has 0 unspecified atom stereocenters. The van der Waals surface area contributed by atoms with Crippen molar-refractivity contribution in [1.29, 1.82) is 0 Å². The van der Waals surface area contributed by atoms with Crippen molar-refractivity contribution in [3.8, 4) is 11.5 Å². The van der Waals surface area contributed by atoms with Gasteiger partial charge in [0.05, 0.1) is 19.3 Å². The maximum atomic E-state index is 13.4. The van der Waals surface area contributed by atoms with E-state index in [9.17, 15) is 9.59 Å². The Bertz CT molecular complexity index is 1020. The number of para-hydroxylation sites is 1. The van der Waals surface area contributed by atoms with Crippen molar-refractivity contribution >= 4 is 17.6 Å². The van der Waals surface area contributed by atoms with E-state index >= 15 is 0 Å². The van der Waals surface area contributed by atoms with Gasteiger partial charge in [0.1, 0.15) is 17.6 Å². The highest BCUT2D eigenvalue weighted by Crippen LogP contribution is 2.36. The van der Waals surface area contributed by atoms with Crippen molar-refractivity contribution < 1.29 is 19.1 Å². The largest absolute Gasteiger partial charge is 0.496 e. The molecule has 1 saturated heterocycles. The molecule has 0 saturated carbocycles. The van der Waals surface area contributed by atoms with Crippen LogP contribution in [0.4, 0.5) is 10.5 Å². The average molecular weight is 466 g/mol. The summed E-state index contributed by atoms with van der Waals surface area (Å²) in [4.78, 5) is 29.9. The van der Waals surface area contributed by atoms with Crippen LogP contribution in [0, 0.1) is 12.8 Å². The summed E-state index contributed by atoms with van der Waals surface area (Å²) < 4.78 is 11.4. The van der Waals surface area contributed by atoms with Crippen LogP contribution in [0.25, 0.3) is 0 Å². The highest BCUT2D eigenvalue weighted by atomic mass is 16.5. The second-order valence-corrected chi connectivity index (χ2v) is 9.13. The molecule has 2 heterocycles. The Morgan fingerprint density at radius 3 is 2.65 bits per heavy atom. The molecule has 182 valence electrons. The topological polar surface area (TPSA) is 71.1 Å². The predicted octanol–water partition coefficient (Wildman–Crippen LogP) is 4.17. The summed E-state index contributed by atoms with van der Waals surface area (Å²) in [6.45, 7) is 6.38. The Morgan fingerprint density at radius 1 is 1.15 bits per heavy atom. The fraction of sp³-hybridized carbons (Fsp3) is 0.481. The number of urea groups is 1. The summed E-state index contributed by atoms with van der Waals surface area (Å²) in [7, 11) is 1.66. The van der Waals surface area contributed by atoms with Gasteiger partial charge < -0.3 is 19.7 Å².